The summed E-state index contributed by atoms with van der Waals surface area (Å²) in [7, 11) is -4.24. The summed E-state index contributed by atoms with van der Waals surface area (Å²) in [5, 5.41) is 0. The van der Waals surface area contributed by atoms with Crippen molar-refractivity contribution in [3.63, 3.8) is 0 Å². The van der Waals surface area contributed by atoms with Crippen molar-refractivity contribution < 1.29 is 13.0 Å². The minimum atomic E-state index is -4.24. The fourth-order valence-electron chi connectivity index (χ4n) is 0.587. The van der Waals surface area contributed by atoms with Crippen LogP contribution in [0.4, 0.5) is 0 Å². The zero-order valence-electron chi connectivity index (χ0n) is 5.61. The highest BCUT2D eigenvalue weighted by Gasteiger charge is 2.10. The Kier molecular flexibility index (Phi) is 2.36. The Morgan fingerprint density at radius 3 is 2.50 bits per heavy atom. The molecule has 0 aromatic carbocycles. The van der Waals surface area contributed by atoms with Crippen molar-refractivity contribution in [3.05, 3.63) is 27.1 Å². The van der Waals surface area contributed by atoms with Crippen molar-refractivity contribution in [2.75, 3.05) is 0 Å². The van der Waals surface area contributed by atoms with E-state index in [1.54, 1.807) is 0 Å². The third kappa shape index (κ3) is 1.93. The molecule has 0 saturated carbocycles. The first-order valence-corrected chi connectivity index (χ1v) is 5.00. The van der Waals surface area contributed by atoms with E-state index >= 15 is 0 Å². The number of aromatic nitrogens is 1. The first-order valence-electron chi connectivity index (χ1n) is 2.77. The second-order valence-corrected chi connectivity index (χ2v) is 4.26. The average Bonchev–Trinajstić information content (AvgIpc) is 1.92. The number of H-pyrrole nitrogens is 1. The highest BCUT2D eigenvalue weighted by Crippen LogP contribution is 2.09. The van der Waals surface area contributed by atoms with Crippen LogP contribution in [-0.2, 0) is 10.1 Å². The summed E-state index contributed by atoms with van der Waals surface area (Å²) in [6, 6.07) is 1.02. The van der Waals surface area contributed by atoms with Crippen LogP contribution in [0.1, 0.15) is 0 Å². The van der Waals surface area contributed by atoms with Crippen LogP contribution in [0.2, 0.25) is 0 Å². The van der Waals surface area contributed by atoms with Gasteiger partial charge in [-0.3, -0.25) is 9.35 Å². The molecule has 0 fully saturated rings. The molecule has 1 aromatic rings. The first kappa shape index (κ1) is 9.43. The minimum absolute atomic E-state index is 0.0534. The maximum Gasteiger partial charge on any atom is 0.296 e. The predicted molar refractivity (Wildman–Crippen MR) is 44.6 cm³/mol. The van der Waals surface area contributed by atoms with Gasteiger partial charge in [0.2, 0.25) is 0 Å². The molecule has 1 heterocycles. The molecule has 0 saturated heterocycles. The van der Waals surface area contributed by atoms with Crippen LogP contribution in [-0.4, -0.2) is 18.0 Å². The first-order chi connectivity index (χ1) is 5.41. The third-order valence-corrected chi connectivity index (χ3v) is 2.55. The highest BCUT2D eigenvalue weighted by atomic mass is 79.9. The fourth-order valence-corrected chi connectivity index (χ4v) is 1.57. The van der Waals surface area contributed by atoms with Gasteiger partial charge in [-0.2, -0.15) is 8.42 Å². The number of rotatable bonds is 1. The molecule has 0 atom stereocenters. The molecule has 0 unspecified atom stereocenters. The lowest BCUT2D eigenvalue weighted by Gasteiger charge is -1.95. The zero-order valence-corrected chi connectivity index (χ0v) is 8.02. The number of aromatic amines is 1. The predicted octanol–water partition coefficient (Wildman–Crippen LogP) is 0.384. The normalized spacial score (nSPS) is 11.5. The molecule has 0 amide bonds. The van der Waals surface area contributed by atoms with Gasteiger partial charge in [0.15, 0.2) is 0 Å². The highest BCUT2D eigenvalue weighted by molar-refractivity contribution is 9.10. The average molecular weight is 254 g/mol. The monoisotopic (exact) mass is 253 g/mol. The lowest BCUT2D eigenvalue weighted by atomic mass is 10.5. The molecule has 2 N–H and O–H groups in total. The number of hydrogen-bond acceptors (Lipinski definition) is 3. The molecule has 1 rings (SSSR count). The summed E-state index contributed by atoms with van der Waals surface area (Å²) in [5.74, 6) is 0. The van der Waals surface area contributed by atoms with E-state index in [2.05, 4.69) is 20.9 Å². The largest absolute Gasteiger partial charge is 0.327 e. The molecule has 0 aliphatic rings. The van der Waals surface area contributed by atoms with E-state index < -0.39 is 15.7 Å². The van der Waals surface area contributed by atoms with Crippen molar-refractivity contribution in [2.45, 2.75) is 4.90 Å². The number of pyridine rings is 1. The van der Waals surface area contributed by atoms with E-state index in [0.29, 0.717) is 0 Å². The lowest BCUT2D eigenvalue weighted by molar-refractivity contribution is 0.482. The molecular formula is C5H4BrNO4S. The third-order valence-electron chi connectivity index (χ3n) is 1.13. The van der Waals surface area contributed by atoms with E-state index in [0.717, 1.165) is 12.3 Å². The van der Waals surface area contributed by atoms with Gasteiger partial charge in [0.1, 0.15) is 4.90 Å². The Balaban J connectivity index is 3.43. The minimum Gasteiger partial charge on any atom is -0.327 e. The van der Waals surface area contributed by atoms with Gasteiger partial charge in [-0.15, -0.1) is 0 Å². The van der Waals surface area contributed by atoms with Gasteiger partial charge in [0.05, 0.1) is 4.47 Å². The van der Waals surface area contributed by atoms with Crippen molar-refractivity contribution >= 4 is 26.0 Å². The van der Waals surface area contributed by atoms with Crippen molar-refractivity contribution in [2.24, 2.45) is 0 Å². The van der Waals surface area contributed by atoms with Gasteiger partial charge in [0.25, 0.3) is 15.7 Å². The Morgan fingerprint density at radius 1 is 1.50 bits per heavy atom. The van der Waals surface area contributed by atoms with Crippen LogP contribution >= 0.6 is 15.9 Å². The summed E-state index contributed by atoms with van der Waals surface area (Å²) < 4.78 is 29.6. The van der Waals surface area contributed by atoms with Crippen LogP contribution in [0, 0.1) is 0 Å². The Hall–Kier alpha value is -0.660. The molecule has 7 heteroatoms. The number of halogens is 1. The van der Waals surface area contributed by atoms with Gasteiger partial charge in [-0.25, -0.2) is 0 Å². The van der Waals surface area contributed by atoms with E-state index in [1.165, 1.54) is 0 Å². The Bertz CT molecular complexity index is 449. The Labute approximate surface area is 76.3 Å². The summed E-state index contributed by atoms with van der Waals surface area (Å²) in [5.41, 5.74) is -0.456. The van der Waals surface area contributed by atoms with Gasteiger partial charge < -0.3 is 4.98 Å². The van der Waals surface area contributed by atoms with Crippen LogP contribution in [0.3, 0.4) is 0 Å². The standard InChI is InChI=1S/C5H4BrNO4S/c6-4-1-3(12(9,10)11)2-7-5(4)8/h1-2H,(H,7,8)(H,9,10,11). The topological polar surface area (TPSA) is 87.2 Å². The molecule has 0 radical (unpaired) electrons. The van der Waals surface area contributed by atoms with E-state index in [1.807, 2.05) is 0 Å². The second-order valence-electron chi connectivity index (χ2n) is 1.99. The van der Waals surface area contributed by atoms with Crippen LogP contribution in [0.15, 0.2) is 26.4 Å². The summed E-state index contributed by atoms with van der Waals surface area (Å²) in [6.45, 7) is 0. The smallest absolute Gasteiger partial charge is 0.296 e. The van der Waals surface area contributed by atoms with Crippen LogP contribution in [0.25, 0.3) is 0 Å². The molecule has 5 nitrogen and oxygen atoms in total. The Morgan fingerprint density at radius 2 is 2.08 bits per heavy atom. The summed E-state index contributed by atoms with van der Waals surface area (Å²) in [6.07, 6.45) is 0.919. The molecule has 0 bridgehead atoms. The SMILES string of the molecule is O=c1[nH]cc(S(=O)(=O)O)cc1Br. The van der Waals surface area contributed by atoms with Crippen molar-refractivity contribution in [1.29, 1.82) is 0 Å². The van der Waals surface area contributed by atoms with Gasteiger partial charge in [-0.05, 0) is 22.0 Å². The molecular weight excluding hydrogens is 250 g/mol. The van der Waals surface area contributed by atoms with Gasteiger partial charge >= 0.3 is 0 Å². The van der Waals surface area contributed by atoms with E-state index in [-0.39, 0.29) is 9.37 Å². The number of nitrogens with one attached hydrogen (secondary N) is 1. The van der Waals surface area contributed by atoms with Gasteiger partial charge in [0, 0.05) is 6.20 Å². The quantitative estimate of drug-likeness (QED) is 0.709. The van der Waals surface area contributed by atoms with E-state index in [4.69, 9.17) is 4.55 Å². The van der Waals surface area contributed by atoms with E-state index in [9.17, 15) is 13.2 Å². The molecule has 66 valence electrons. The van der Waals surface area contributed by atoms with Crippen LogP contribution in [0.5, 0.6) is 0 Å². The summed E-state index contributed by atoms with van der Waals surface area (Å²) >= 11 is 2.82. The maximum atomic E-state index is 10.7. The molecule has 0 aliphatic heterocycles. The van der Waals surface area contributed by atoms with Crippen LogP contribution < -0.4 is 5.56 Å². The maximum absolute atomic E-state index is 10.7. The second kappa shape index (κ2) is 3.00. The zero-order chi connectivity index (χ0) is 9.35. The summed E-state index contributed by atoms with van der Waals surface area (Å²) in [4.78, 5) is 12.5. The molecule has 1 aromatic heterocycles. The van der Waals surface area contributed by atoms with Crippen molar-refractivity contribution in [1.82, 2.24) is 4.98 Å². The van der Waals surface area contributed by atoms with Crippen molar-refractivity contribution in [3.8, 4) is 0 Å². The molecule has 12 heavy (non-hydrogen) atoms. The molecule has 0 aliphatic carbocycles. The molecule has 0 spiro atoms. The lowest BCUT2D eigenvalue weighted by Crippen LogP contribution is -2.09. The van der Waals surface area contributed by atoms with Gasteiger partial charge in [-0.1, -0.05) is 0 Å². The number of hydrogen-bond donors (Lipinski definition) is 2. The fraction of sp³-hybridized carbons (Fsp3) is 0.